The third-order valence-corrected chi connectivity index (χ3v) is 4.26. The molecule has 0 fully saturated rings. The van der Waals surface area contributed by atoms with Crippen LogP contribution in [0.25, 0.3) is 0 Å². The average Bonchev–Trinajstić information content (AvgIpc) is 3.15. The molecule has 120 valence electrons. The van der Waals surface area contributed by atoms with E-state index in [2.05, 4.69) is 53.7 Å². The van der Waals surface area contributed by atoms with Crippen molar-refractivity contribution in [2.24, 2.45) is 4.99 Å². The minimum absolute atomic E-state index is 0.729. The monoisotopic (exact) mass is 319 g/mol. The van der Waals surface area contributed by atoms with Crippen LogP contribution in [0.3, 0.4) is 0 Å². The van der Waals surface area contributed by atoms with Gasteiger partial charge in [-0.1, -0.05) is 6.07 Å². The van der Waals surface area contributed by atoms with Gasteiger partial charge in [0.05, 0.1) is 19.3 Å². The summed E-state index contributed by atoms with van der Waals surface area (Å²) in [5.41, 5.74) is 1.18. The molecule has 0 bridgehead atoms. The molecule has 0 aliphatic rings. The highest BCUT2D eigenvalue weighted by atomic mass is 32.1. The van der Waals surface area contributed by atoms with Crippen molar-refractivity contribution in [3.63, 3.8) is 0 Å². The Labute approximate surface area is 136 Å². The number of rotatable bonds is 7. The molecule has 0 saturated carbocycles. The van der Waals surface area contributed by atoms with Gasteiger partial charge in [-0.25, -0.2) is 0 Å². The molecule has 0 amide bonds. The number of hydrogen-bond donors (Lipinski definition) is 1. The normalized spacial score (nSPS) is 11.7. The van der Waals surface area contributed by atoms with Gasteiger partial charge in [0.1, 0.15) is 0 Å². The Morgan fingerprint density at radius 3 is 3.00 bits per heavy atom. The smallest absolute Gasteiger partial charge is 0.193 e. The molecule has 0 unspecified atom stereocenters. The molecule has 2 heterocycles. The van der Waals surface area contributed by atoms with Gasteiger partial charge in [-0.05, 0) is 37.3 Å². The molecule has 22 heavy (non-hydrogen) atoms. The first-order valence-electron chi connectivity index (χ1n) is 7.70. The maximum absolute atomic E-state index is 4.69. The van der Waals surface area contributed by atoms with Crippen LogP contribution in [0.1, 0.15) is 17.4 Å². The second-order valence-electron chi connectivity index (χ2n) is 5.27. The summed E-state index contributed by atoms with van der Waals surface area (Å²) < 4.78 is 1.94. The Kier molecular flexibility index (Phi) is 6.45. The molecular formula is C16H25N5S. The molecule has 0 saturated heterocycles. The van der Waals surface area contributed by atoms with E-state index in [0.29, 0.717) is 0 Å². The van der Waals surface area contributed by atoms with E-state index in [1.54, 1.807) is 0 Å². The fourth-order valence-electron chi connectivity index (χ4n) is 2.16. The number of guanidine groups is 1. The summed E-state index contributed by atoms with van der Waals surface area (Å²) in [6.45, 7) is 7.53. The standard InChI is InChI=1S/C16H25N5S/c1-4-17-16(18-8-10-21-13-14(2)12-19-21)20(3)9-7-15-6-5-11-22-15/h5-6,11-13H,4,7-10H2,1-3H3,(H,17,18). The topological polar surface area (TPSA) is 45.5 Å². The maximum Gasteiger partial charge on any atom is 0.193 e. The highest BCUT2D eigenvalue weighted by Gasteiger charge is 2.06. The maximum atomic E-state index is 4.69. The van der Waals surface area contributed by atoms with Crippen molar-refractivity contribution >= 4 is 17.3 Å². The summed E-state index contributed by atoms with van der Waals surface area (Å²) in [6, 6.07) is 4.29. The Morgan fingerprint density at radius 2 is 2.36 bits per heavy atom. The van der Waals surface area contributed by atoms with Crippen LogP contribution >= 0.6 is 11.3 Å². The third-order valence-electron chi connectivity index (χ3n) is 3.32. The number of aliphatic imine (C=N–C) groups is 1. The van der Waals surface area contributed by atoms with Gasteiger partial charge in [-0.2, -0.15) is 5.10 Å². The van der Waals surface area contributed by atoms with E-state index < -0.39 is 0 Å². The highest BCUT2D eigenvalue weighted by Crippen LogP contribution is 2.09. The van der Waals surface area contributed by atoms with Crippen LogP contribution in [-0.4, -0.2) is 47.3 Å². The molecule has 2 rings (SSSR count). The molecular weight excluding hydrogens is 294 g/mol. The first-order chi connectivity index (χ1) is 10.7. The predicted octanol–water partition coefficient (Wildman–Crippen LogP) is 2.39. The van der Waals surface area contributed by atoms with Crippen molar-refractivity contribution in [3.05, 3.63) is 40.3 Å². The van der Waals surface area contributed by atoms with Gasteiger partial charge in [0.2, 0.25) is 0 Å². The van der Waals surface area contributed by atoms with E-state index in [0.717, 1.165) is 38.6 Å². The van der Waals surface area contributed by atoms with Crippen LogP contribution < -0.4 is 5.32 Å². The van der Waals surface area contributed by atoms with Gasteiger partial charge in [0, 0.05) is 31.2 Å². The van der Waals surface area contributed by atoms with Crippen molar-refractivity contribution in [1.82, 2.24) is 20.0 Å². The van der Waals surface area contributed by atoms with Crippen molar-refractivity contribution < 1.29 is 0 Å². The van der Waals surface area contributed by atoms with Crippen LogP contribution in [-0.2, 0) is 13.0 Å². The fraction of sp³-hybridized carbons (Fsp3) is 0.500. The van der Waals surface area contributed by atoms with Crippen LogP contribution in [0.4, 0.5) is 0 Å². The van der Waals surface area contributed by atoms with E-state index in [1.165, 1.54) is 10.4 Å². The Bertz CT molecular complexity index is 573. The molecule has 6 heteroatoms. The molecule has 2 aromatic rings. The second kappa shape index (κ2) is 8.58. The number of thiophene rings is 1. The molecule has 2 aromatic heterocycles. The molecule has 1 N–H and O–H groups in total. The van der Waals surface area contributed by atoms with E-state index >= 15 is 0 Å². The number of likely N-dealkylation sites (N-methyl/N-ethyl adjacent to an activating group) is 1. The van der Waals surface area contributed by atoms with Crippen LogP contribution in [0, 0.1) is 6.92 Å². The van der Waals surface area contributed by atoms with Crippen molar-refractivity contribution in [3.8, 4) is 0 Å². The molecule has 5 nitrogen and oxygen atoms in total. The highest BCUT2D eigenvalue weighted by molar-refractivity contribution is 7.09. The first-order valence-corrected chi connectivity index (χ1v) is 8.58. The van der Waals surface area contributed by atoms with Crippen LogP contribution in [0.5, 0.6) is 0 Å². The molecule has 0 radical (unpaired) electrons. The lowest BCUT2D eigenvalue weighted by Gasteiger charge is -2.21. The number of nitrogens with one attached hydrogen (secondary N) is 1. The molecule has 0 aliphatic carbocycles. The predicted molar refractivity (Wildman–Crippen MR) is 93.6 cm³/mol. The Morgan fingerprint density at radius 1 is 1.50 bits per heavy atom. The summed E-state index contributed by atoms with van der Waals surface area (Å²) in [5.74, 6) is 0.961. The number of nitrogens with zero attached hydrogens (tertiary/aromatic N) is 4. The van der Waals surface area contributed by atoms with Crippen molar-refractivity contribution in [2.75, 3.05) is 26.7 Å². The second-order valence-corrected chi connectivity index (χ2v) is 6.30. The Balaban J connectivity index is 1.85. The molecule has 0 aromatic carbocycles. The van der Waals surface area contributed by atoms with E-state index in [9.17, 15) is 0 Å². The lowest BCUT2D eigenvalue weighted by atomic mass is 10.3. The molecule has 0 spiro atoms. The molecule has 0 atom stereocenters. The number of aromatic nitrogens is 2. The SMILES string of the molecule is CCNC(=NCCn1cc(C)cn1)N(C)CCc1cccs1. The van der Waals surface area contributed by atoms with Crippen molar-refractivity contribution in [1.29, 1.82) is 0 Å². The minimum atomic E-state index is 0.729. The average molecular weight is 319 g/mol. The van der Waals surface area contributed by atoms with E-state index in [1.807, 2.05) is 28.4 Å². The third kappa shape index (κ3) is 5.18. The van der Waals surface area contributed by atoms with Gasteiger partial charge in [0.25, 0.3) is 0 Å². The van der Waals surface area contributed by atoms with Gasteiger partial charge in [-0.15, -0.1) is 11.3 Å². The Hall–Kier alpha value is -1.82. The largest absolute Gasteiger partial charge is 0.357 e. The summed E-state index contributed by atoms with van der Waals surface area (Å²) in [4.78, 5) is 8.30. The van der Waals surface area contributed by atoms with E-state index in [-0.39, 0.29) is 0 Å². The number of aryl methyl sites for hydroxylation is 1. The lowest BCUT2D eigenvalue weighted by Crippen LogP contribution is -2.40. The fourth-order valence-corrected chi connectivity index (χ4v) is 2.85. The van der Waals surface area contributed by atoms with Gasteiger partial charge in [0.15, 0.2) is 5.96 Å². The molecule has 0 aliphatic heterocycles. The summed E-state index contributed by atoms with van der Waals surface area (Å²) >= 11 is 1.81. The summed E-state index contributed by atoms with van der Waals surface area (Å²) in [5, 5.41) is 9.77. The number of hydrogen-bond acceptors (Lipinski definition) is 3. The zero-order valence-corrected chi connectivity index (χ0v) is 14.4. The quantitative estimate of drug-likeness (QED) is 0.629. The first kappa shape index (κ1) is 16.5. The van der Waals surface area contributed by atoms with E-state index in [4.69, 9.17) is 4.99 Å². The zero-order valence-electron chi connectivity index (χ0n) is 13.6. The zero-order chi connectivity index (χ0) is 15.8. The van der Waals surface area contributed by atoms with Gasteiger partial charge < -0.3 is 10.2 Å². The van der Waals surface area contributed by atoms with Gasteiger partial charge >= 0.3 is 0 Å². The van der Waals surface area contributed by atoms with Gasteiger partial charge in [-0.3, -0.25) is 9.67 Å². The minimum Gasteiger partial charge on any atom is -0.357 e. The van der Waals surface area contributed by atoms with Crippen molar-refractivity contribution in [2.45, 2.75) is 26.8 Å². The van der Waals surface area contributed by atoms with Crippen LogP contribution in [0.15, 0.2) is 34.9 Å². The summed E-state index contributed by atoms with van der Waals surface area (Å²) in [6.07, 6.45) is 4.97. The lowest BCUT2D eigenvalue weighted by molar-refractivity contribution is 0.484. The van der Waals surface area contributed by atoms with Crippen LogP contribution in [0.2, 0.25) is 0 Å². The summed E-state index contributed by atoms with van der Waals surface area (Å²) in [7, 11) is 2.09.